The molecule has 1 aliphatic heterocycles. The Kier molecular flexibility index (Phi) is 3.29. The first-order chi connectivity index (χ1) is 8.79. The van der Waals surface area contributed by atoms with Gasteiger partial charge in [0.15, 0.2) is 0 Å². The molecular formula is C16H23NO. The van der Waals surface area contributed by atoms with Crippen LogP contribution < -0.4 is 10.1 Å². The Morgan fingerprint density at radius 1 is 1.33 bits per heavy atom. The van der Waals surface area contributed by atoms with Crippen molar-refractivity contribution in [2.24, 2.45) is 0 Å². The maximum atomic E-state index is 5.97. The molecule has 2 atom stereocenters. The second kappa shape index (κ2) is 4.93. The van der Waals surface area contributed by atoms with Gasteiger partial charge in [-0.2, -0.15) is 0 Å². The van der Waals surface area contributed by atoms with E-state index in [9.17, 15) is 0 Å². The van der Waals surface area contributed by atoms with Crippen molar-refractivity contribution in [2.45, 2.75) is 57.5 Å². The first-order valence-corrected chi connectivity index (χ1v) is 7.31. The summed E-state index contributed by atoms with van der Waals surface area (Å²) < 4.78 is 5.97. The molecule has 0 spiro atoms. The minimum atomic E-state index is 0.505. The lowest BCUT2D eigenvalue weighted by Gasteiger charge is -2.29. The van der Waals surface area contributed by atoms with Crippen molar-refractivity contribution in [1.29, 1.82) is 0 Å². The zero-order valence-electron chi connectivity index (χ0n) is 11.4. The van der Waals surface area contributed by atoms with Gasteiger partial charge in [0.25, 0.3) is 0 Å². The number of hydrogen-bond acceptors (Lipinski definition) is 2. The van der Waals surface area contributed by atoms with E-state index < -0.39 is 0 Å². The zero-order chi connectivity index (χ0) is 12.5. The Bertz CT molecular complexity index is 425. The van der Waals surface area contributed by atoms with Crippen molar-refractivity contribution in [3.8, 4) is 5.75 Å². The summed E-state index contributed by atoms with van der Waals surface area (Å²) in [7, 11) is 0. The standard InChI is InChI=1S/C16H23NO/c1-3-11(2)13-5-4-6-14-15(17-12-7-8-12)9-10-18-16(13)14/h4-6,11-12,15,17H,3,7-10H2,1-2H3. The molecule has 1 N–H and O–H groups in total. The number of ether oxygens (including phenoxy) is 1. The summed E-state index contributed by atoms with van der Waals surface area (Å²) in [5, 5.41) is 3.75. The van der Waals surface area contributed by atoms with Crippen LogP contribution in [0.1, 0.15) is 62.6 Å². The average molecular weight is 245 g/mol. The minimum absolute atomic E-state index is 0.505. The van der Waals surface area contributed by atoms with Gasteiger partial charge in [0, 0.05) is 24.1 Å². The lowest BCUT2D eigenvalue weighted by molar-refractivity contribution is 0.248. The van der Waals surface area contributed by atoms with Gasteiger partial charge in [-0.05, 0) is 30.7 Å². The molecule has 3 rings (SSSR count). The van der Waals surface area contributed by atoms with Gasteiger partial charge >= 0.3 is 0 Å². The number of para-hydroxylation sites is 1. The van der Waals surface area contributed by atoms with Crippen molar-refractivity contribution >= 4 is 0 Å². The summed E-state index contributed by atoms with van der Waals surface area (Å²) in [6.07, 6.45) is 4.96. The molecule has 0 radical (unpaired) electrons. The summed E-state index contributed by atoms with van der Waals surface area (Å²) in [6.45, 7) is 5.38. The molecule has 1 aromatic carbocycles. The molecule has 1 heterocycles. The van der Waals surface area contributed by atoms with E-state index in [0.29, 0.717) is 12.0 Å². The molecule has 1 fully saturated rings. The SMILES string of the molecule is CCC(C)c1cccc2c1OCCC2NC1CC1. The van der Waals surface area contributed by atoms with Crippen LogP contribution in [0.3, 0.4) is 0 Å². The molecule has 18 heavy (non-hydrogen) atoms. The number of benzene rings is 1. The number of fused-ring (bicyclic) bond motifs is 1. The molecule has 2 aliphatic rings. The van der Waals surface area contributed by atoms with E-state index in [4.69, 9.17) is 4.74 Å². The molecule has 0 aromatic heterocycles. The highest BCUT2D eigenvalue weighted by molar-refractivity contribution is 5.46. The van der Waals surface area contributed by atoms with Crippen molar-refractivity contribution < 1.29 is 4.74 Å². The average Bonchev–Trinajstić information content (AvgIpc) is 3.21. The number of nitrogens with one attached hydrogen (secondary N) is 1. The van der Waals surface area contributed by atoms with E-state index in [1.54, 1.807) is 0 Å². The van der Waals surface area contributed by atoms with E-state index in [0.717, 1.165) is 24.8 Å². The van der Waals surface area contributed by atoms with Gasteiger partial charge in [0.2, 0.25) is 0 Å². The first-order valence-electron chi connectivity index (χ1n) is 7.31. The minimum Gasteiger partial charge on any atom is -0.493 e. The quantitative estimate of drug-likeness (QED) is 0.871. The normalized spacial score (nSPS) is 24.2. The Hall–Kier alpha value is -1.02. The summed E-state index contributed by atoms with van der Waals surface area (Å²) in [6, 6.07) is 7.92. The van der Waals surface area contributed by atoms with Crippen LogP contribution in [-0.2, 0) is 0 Å². The fourth-order valence-electron chi connectivity index (χ4n) is 2.76. The first kappa shape index (κ1) is 12.0. The van der Waals surface area contributed by atoms with Gasteiger partial charge in [-0.25, -0.2) is 0 Å². The Morgan fingerprint density at radius 2 is 2.17 bits per heavy atom. The van der Waals surface area contributed by atoms with Crippen molar-refractivity contribution in [1.82, 2.24) is 5.32 Å². The Labute approximate surface area is 110 Å². The molecule has 0 saturated heterocycles. The topological polar surface area (TPSA) is 21.3 Å². The van der Waals surface area contributed by atoms with Crippen LogP contribution in [0.25, 0.3) is 0 Å². The van der Waals surface area contributed by atoms with Crippen LogP contribution in [0.2, 0.25) is 0 Å². The molecule has 2 heteroatoms. The number of rotatable bonds is 4. The molecular weight excluding hydrogens is 222 g/mol. The van der Waals surface area contributed by atoms with Gasteiger partial charge in [-0.15, -0.1) is 0 Å². The predicted octanol–water partition coefficient (Wildman–Crippen LogP) is 3.78. The fourth-order valence-corrected chi connectivity index (χ4v) is 2.76. The Morgan fingerprint density at radius 3 is 2.89 bits per heavy atom. The molecule has 0 amide bonds. The second-order valence-electron chi connectivity index (χ2n) is 5.71. The Balaban J connectivity index is 1.91. The highest BCUT2D eigenvalue weighted by atomic mass is 16.5. The molecule has 2 nitrogen and oxygen atoms in total. The summed E-state index contributed by atoms with van der Waals surface area (Å²) in [5.41, 5.74) is 2.77. The maximum absolute atomic E-state index is 5.97. The smallest absolute Gasteiger partial charge is 0.127 e. The van der Waals surface area contributed by atoms with Crippen LogP contribution in [0.15, 0.2) is 18.2 Å². The summed E-state index contributed by atoms with van der Waals surface area (Å²) in [5.74, 6) is 1.75. The van der Waals surface area contributed by atoms with Crippen LogP contribution in [-0.4, -0.2) is 12.6 Å². The van der Waals surface area contributed by atoms with Gasteiger partial charge < -0.3 is 10.1 Å². The largest absolute Gasteiger partial charge is 0.493 e. The maximum Gasteiger partial charge on any atom is 0.127 e. The summed E-state index contributed by atoms with van der Waals surface area (Å²) >= 11 is 0. The van der Waals surface area contributed by atoms with Crippen molar-refractivity contribution in [2.75, 3.05) is 6.61 Å². The van der Waals surface area contributed by atoms with Crippen LogP contribution >= 0.6 is 0 Å². The second-order valence-corrected chi connectivity index (χ2v) is 5.71. The summed E-state index contributed by atoms with van der Waals surface area (Å²) in [4.78, 5) is 0. The molecule has 1 saturated carbocycles. The molecule has 2 unspecified atom stereocenters. The monoisotopic (exact) mass is 245 g/mol. The van der Waals surface area contributed by atoms with Gasteiger partial charge in [0.05, 0.1) is 6.61 Å². The van der Waals surface area contributed by atoms with E-state index in [1.807, 2.05) is 0 Å². The third kappa shape index (κ3) is 2.26. The van der Waals surface area contributed by atoms with Crippen LogP contribution in [0.4, 0.5) is 0 Å². The third-order valence-electron chi connectivity index (χ3n) is 4.26. The van der Waals surface area contributed by atoms with Gasteiger partial charge in [-0.3, -0.25) is 0 Å². The van der Waals surface area contributed by atoms with E-state index in [1.165, 1.54) is 30.4 Å². The lowest BCUT2D eigenvalue weighted by Crippen LogP contribution is -2.29. The van der Waals surface area contributed by atoms with E-state index in [-0.39, 0.29) is 0 Å². The highest BCUT2D eigenvalue weighted by Crippen LogP contribution is 2.40. The third-order valence-corrected chi connectivity index (χ3v) is 4.26. The van der Waals surface area contributed by atoms with Gasteiger partial charge in [-0.1, -0.05) is 32.0 Å². The molecule has 1 aromatic rings. The lowest BCUT2D eigenvalue weighted by atomic mass is 9.91. The highest BCUT2D eigenvalue weighted by Gasteiger charge is 2.30. The van der Waals surface area contributed by atoms with Gasteiger partial charge in [0.1, 0.15) is 5.75 Å². The van der Waals surface area contributed by atoms with Crippen LogP contribution in [0, 0.1) is 0 Å². The van der Waals surface area contributed by atoms with Crippen LogP contribution in [0.5, 0.6) is 5.75 Å². The fraction of sp³-hybridized carbons (Fsp3) is 0.625. The molecule has 1 aliphatic carbocycles. The van der Waals surface area contributed by atoms with E-state index in [2.05, 4.69) is 37.4 Å². The predicted molar refractivity (Wildman–Crippen MR) is 74.2 cm³/mol. The molecule has 98 valence electrons. The zero-order valence-corrected chi connectivity index (χ0v) is 11.4. The van der Waals surface area contributed by atoms with E-state index >= 15 is 0 Å². The number of hydrogen-bond donors (Lipinski definition) is 1. The van der Waals surface area contributed by atoms with Crippen molar-refractivity contribution in [3.63, 3.8) is 0 Å². The molecule has 0 bridgehead atoms. The van der Waals surface area contributed by atoms with Crippen molar-refractivity contribution in [3.05, 3.63) is 29.3 Å².